The van der Waals surface area contributed by atoms with Crippen LogP contribution in [0.5, 0.6) is 0 Å². The van der Waals surface area contributed by atoms with Gasteiger partial charge in [-0.1, -0.05) is 13.0 Å². The lowest BCUT2D eigenvalue weighted by atomic mass is 9.91. The van der Waals surface area contributed by atoms with E-state index in [4.69, 9.17) is 15.5 Å². The molecule has 1 aliphatic carbocycles. The number of rotatable bonds is 5. The molecular formula is C26H33FN6O2. The van der Waals surface area contributed by atoms with Gasteiger partial charge in [-0.15, -0.1) is 0 Å². The van der Waals surface area contributed by atoms with E-state index in [0.29, 0.717) is 22.7 Å². The normalized spacial score (nSPS) is 18.3. The van der Waals surface area contributed by atoms with Gasteiger partial charge in [0.05, 0.1) is 23.1 Å². The van der Waals surface area contributed by atoms with Gasteiger partial charge in [-0.3, -0.25) is 0 Å². The van der Waals surface area contributed by atoms with Crippen LogP contribution in [0.1, 0.15) is 58.9 Å². The van der Waals surface area contributed by atoms with E-state index in [0.717, 1.165) is 43.2 Å². The first-order valence-electron chi connectivity index (χ1n) is 12.1. The van der Waals surface area contributed by atoms with Gasteiger partial charge in [0.15, 0.2) is 0 Å². The number of ether oxygens (including phenoxy) is 1. The van der Waals surface area contributed by atoms with Crippen molar-refractivity contribution in [2.24, 2.45) is 0 Å². The Bertz CT molecular complexity index is 1220. The molecule has 0 aliphatic heterocycles. The molecule has 0 unspecified atom stereocenters. The second-order valence-corrected chi connectivity index (χ2v) is 10.0. The van der Waals surface area contributed by atoms with Crippen molar-refractivity contribution in [3.8, 4) is 11.3 Å². The van der Waals surface area contributed by atoms with Gasteiger partial charge < -0.3 is 21.1 Å². The van der Waals surface area contributed by atoms with Crippen molar-refractivity contribution in [2.45, 2.75) is 77.5 Å². The fourth-order valence-electron chi connectivity index (χ4n) is 4.30. The zero-order chi connectivity index (χ0) is 25.2. The highest BCUT2D eigenvalue weighted by atomic mass is 19.1. The van der Waals surface area contributed by atoms with Crippen LogP contribution in [-0.2, 0) is 11.2 Å². The number of hydrogen-bond donors (Lipinski definition) is 3. The Morgan fingerprint density at radius 1 is 1.14 bits per heavy atom. The highest BCUT2D eigenvalue weighted by Crippen LogP contribution is 2.27. The molecule has 3 aromatic rings. The molecule has 2 aromatic heterocycles. The number of benzene rings is 1. The van der Waals surface area contributed by atoms with Crippen molar-refractivity contribution < 1.29 is 13.9 Å². The number of carbonyl (C=O) groups is 1. The summed E-state index contributed by atoms with van der Waals surface area (Å²) in [4.78, 5) is 25.9. The van der Waals surface area contributed by atoms with Crippen LogP contribution in [0.2, 0.25) is 0 Å². The molecule has 2 heterocycles. The number of aromatic nitrogens is 3. The highest BCUT2D eigenvalue weighted by molar-refractivity contribution is 5.82. The monoisotopic (exact) mass is 480 g/mol. The lowest BCUT2D eigenvalue weighted by Gasteiger charge is -2.30. The number of pyridine rings is 1. The van der Waals surface area contributed by atoms with Gasteiger partial charge in [-0.2, -0.15) is 0 Å². The zero-order valence-electron chi connectivity index (χ0n) is 20.7. The number of nitrogens with zero attached hydrogens (tertiary/aromatic N) is 3. The third-order valence-electron chi connectivity index (χ3n) is 6.08. The average molecular weight is 481 g/mol. The largest absolute Gasteiger partial charge is 0.444 e. The number of nitrogens with one attached hydrogen (secondary N) is 2. The summed E-state index contributed by atoms with van der Waals surface area (Å²) in [7, 11) is 0. The van der Waals surface area contributed by atoms with E-state index in [1.807, 2.05) is 26.8 Å². The first-order chi connectivity index (χ1) is 16.6. The van der Waals surface area contributed by atoms with E-state index >= 15 is 0 Å². The fourth-order valence-corrected chi connectivity index (χ4v) is 4.30. The van der Waals surface area contributed by atoms with Crippen molar-refractivity contribution in [3.63, 3.8) is 0 Å². The molecule has 0 atom stereocenters. The van der Waals surface area contributed by atoms with Crippen LogP contribution < -0.4 is 16.4 Å². The summed E-state index contributed by atoms with van der Waals surface area (Å²) in [5.41, 5.74) is 8.99. The number of nitrogen functional groups attached to an aromatic ring is 1. The molecule has 8 nitrogen and oxygen atoms in total. The summed E-state index contributed by atoms with van der Waals surface area (Å²) in [6, 6.07) is 6.97. The van der Waals surface area contributed by atoms with Crippen LogP contribution in [-0.4, -0.2) is 38.7 Å². The number of fused-ring (bicyclic) bond motifs is 1. The van der Waals surface area contributed by atoms with Gasteiger partial charge >= 0.3 is 6.09 Å². The molecule has 0 saturated heterocycles. The highest BCUT2D eigenvalue weighted by Gasteiger charge is 2.25. The molecule has 0 spiro atoms. The summed E-state index contributed by atoms with van der Waals surface area (Å²) in [5.74, 6) is 0.0955. The van der Waals surface area contributed by atoms with Gasteiger partial charge in [0.2, 0.25) is 5.95 Å². The summed E-state index contributed by atoms with van der Waals surface area (Å²) in [6.45, 7) is 7.62. The van der Waals surface area contributed by atoms with Crippen molar-refractivity contribution >= 4 is 28.8 Å². The third-order valence-corrected chi connectivity index (χ3v) is 6.08. The number of amides is 1. The zero-order valence-corrected chi connectivity index (χ0v) is 20.7. The molecule has 4 N–H and O–H groups in total. The Hall–Kier alpha value is -3.49. The van der Waals surface area contributed by atoms with E-state index in [9.17, 15) is 9.18 Å². The first kappa shape index (κ1) is 24.6. The van der Waals surface area contributed by atoms with Crippen LogP contribution in [0.3, 0.4) is 0 Å². The van der Waals surface area contributed by atoms with Gasteiger partial charge in [0.1, 0.15) is 16.9 Å². The topological polar surface area (TPSA) is 115 Å². The van der Waals surface area contributed by atoms with Crippen molar-refractivity contribution in [1.82, 2.24) is 20.3 Å². The van der Waals surface area contributed by atoms with Crippen LogP contribution in [0.25, 0.3) is 22.3 Å². The Labute approximate surface area is 204 Å². The van der Waals surface area contributed by atoms with Crippen LogP contribution in [0.4, 0.5) is 20.8 Å². The predicted molar refractivity (Wildman–Crippen MR) is 136 cm³/mol. The van der Waals surface area contributed by atoms with Crippen LogP contribution in [0, 0.1) is 5.82 Å². The summed E-state index contributed by atoms with van der Waals surface area (Å²) >= 11 is 0. The Balaban J connectivity index is 1.44. The molecule has 35 heavy (non-hydrogen) atoms. The fraction of sp³-hybridized carbons (Fsp3) is 0.462. The van der Waals surface area contributed by atoms with Crippen molar-refractivity contribution in [2.75, 3.05) is 11.1 Å². The maximum Gasteiger partial charge on any atom is 0.407 e. The predicted octanol–water partition coefficient (Wildman–Crippen LogP) is 5.22. The lowest BCUT2D eigenvalue weighted by Crippen LogP contribution is -2.42. The standard InChI is InChI=1S/C26H33FN6O2/c1-5-15-13-21(16-6-11-20(28)19(27)12-16)32-22-14-29-24(33-23(15)22)30-17-7-9-18(10-8-17)31-25(34)35-26(2,3)4/h6,11-14,17-18H,5,7-10,28H2,1-4H3,(H,31,34)(H,29,30,33). The third kappa shape index (κ3) is 6.15. The molecule has 1 saturated carbocycles. The van der Waals surface area contributed by atoms with E-state index in [-0.39, 0.29) is 23.9 Å². The lowest BCUT2D eigenvalue weighted by molar-refractivity contribution is 0.0492. The molecule has 0 radical (unpaired) electrons. The number of anilines is 2. The molecule has 186 valence electrons. The van der Waals surface area contributed by atoms with Gasteiger partial charge in [0.25, 0.3) is 0 Å². The van der Waals surface area contributed by atoms with Crippen molar-refractivity contribution in [3.05, 3.63) is 41.8 Å². The second-order valence-electron chi connectivity index (χ2n) is 10.0. The van der Waals surface area contributed by atoms with Gasteiger partial charge in [-0.25, -0.2) is 24.1 Å². The van der Waals surface area contributed by atoms with E-state index in [1.165, 1.54) is 6.07 Å². The SMILES string of the molecule is CCc1cc(-c2ccc(N)c(F)c2)nc2cnc(NC3CCC(NC(=O)OC(C)(C)C)CC3)nc12. The number of hydrogen-bond acceptors (Lipinski definition) is 7. The quantitative estimate of drug-likeness (QED) is 0.429. The van der Waals surface area contributed by atoms with Crippen LogP contribution in [0.15, 0.2) is 30.5 Å². The Kier molecular flexibility index (Phi) is 7.05. The molecule has 1 amide bonds. The number of nitrogens with two attached hydrogens (primary N) is 1. The molecular weight excluding hydrogens is 447 g/mol. The number of alkyl carbamates (subject to hydrolysis) is 1. The molecule has 0 bridgehead atoms. The molecule has 1 aromatic carbocycles. The van der Waals surface area contributed by atoms with E-state index in [2.05, 4.69) is 27.5 Å². The minimum atomic E-state index is -0.505. The van der Waals surface area contributed by atoms with Crippen molar-refractivity contribution in [1.29, 1.82) is 0 Å². The average Bonchev–Trinajstić information content (AvgIpc) is 2.80. The Morgan fingerprint density at radius 3 is 2.51 bits per heavy atom. The maximum atomic E-state index is 14.0. The number of aryl methyl sites for hydroxylation is 1. The minimum absolute atomic E-state index is 0.105. The summed E-state index contributed by atoms with van der Waals surface area (Å²) < 4.78 is 19.3. The molecule has 1 aliphatic rings. The number of halogens is 1. The Morgan fingerprint density at radius 2 is 1.86 bits per heavy atom. The molecule has 1 fully saturated rings. The van der Waals surface area contributed by atoms with E-state index < -0.39 is 11.4 Å². The molecule has 4 rings (SSSR count). The molecule has 9 heteroatoms. The first-order valence-corrected chi connectivity index (χ1v) is 12.1. The summed E-state index contributed by atoms with van der Waals surface area (Å²) in [6.07, 6.45) is 5.58. The number of carbonyl (C=O) groups excluding carboxylic acids is 1. The minimum Gasteiger partial charge on any atom is -0.444 e. The maximum absolute atomic E-state index is 14.0. The van der Waals surface area contributed by atoms with Gasteiger partial charge in [-0.05, 0) is 76.6 Å². The summed E-state index contributed by atoms with van der Waals surface area (Å²) in [5, 5.41) is 6.40. The van der Waals surface area contributed by atoms with E-state index in [1.54, 1.807) is 18.3 Å². The van der Waals surface area contributed by atoms with Gasteiger partial charge in [0, 0.05) is 17.6 Å². The van der Waals surface area contributed by atoms with Crippen LogP contribution >= 0.6 is 0 Å². The second kappa shape index (κ2) is 10.0. The smallest absolute Gasteiger partial charge is 0.407 e.